The molecule has 5 nitrogen and oxygen atoms in total. The highest BCUT2D eigenvalue weighted by Gasteiger charge is 2.26. The van der Waals surface area contributed by atoms with Gasteiger partial charge < -0.3 is 15.2 Å². The van der Waals surface area contributed by atoms with Crippen LogP contribution in [0.5, 0.6) is 5.88 Å². The number of anilines is 1. The first kappa shape index (κ1) is 13.1. The maximum absolute atomic E-state index is 9.31. The van der Waals surface area contributed by atoms with Crippen LogP contribution < -0.4 is 10.1 Å². The van der Waals surface area contributed by atoms with Crippen molar-refractivity contribution in [2.75, 3.05) is 18.5 Å². The lowest BCUT2D eigenvalue weighted by Crippen LogP contribution is -2.27. The monoisotopic (exact) mass is 251 g/mol. The van der Waals surface area contributed by atoms with Crippen LogP contribution in [0.1, 0.15) is 32.0 Å². The van der Waals surface area contributed by atoms with E-state index in [2.05, 4.69) is 15.3 Å². The van der Waals surface area contributed by atoms with Crippen molar-refractivity contribution in [2.45, 2.75) is 39.2 Å². The first-order valence-electron chi connectivity index (χ1n) is 6.58. The Bertz CT molecular complexity index is 398. The smallest absolute Gasteiger partial charge is 0.218 e. The summed E-state index contributed by atoms with van der Waals surface area (Å²) in [7, 11) is 0. The van der Waals surface area contributed by atoms with Gasteiger partial charge in [-0.15, -0.1) is 0 Å². The van der Waals surface area contributed by atoms with E-state index in [4.69, 9.17) is 4.74 Å². The molecule has 0 saturated heterocycles. The number of rotatable bonds is 5. The molecule has 0 bridgehead atoms. The summed E-state index contributed by atoms with van der Waals surface area (Å²) in [5.74, 6) is 2.42. The Hall–Kier alpha value is -1.36. The minimum Gasteiger partial charge on any atom is -0.478 e. The SMILES string of the molecule is CCOc1cc(NC2CCCC2CO)nc(C)n1. The second kappa shape index (κ2) is 6.00. The lowest BCUT2D eigenvalue weighted by atomic mass is 10.1. The van der Waals surface area contributed by atoms with E-state index < -0.39 is 0 Å². The highest BCUT2D eigenvalue weighted by molar-refractivity contribution is 5.39. The van der Waals surface area contributed by atoms with E-state index in [0.29, 0.717) is 30.3 Å². The topological polar surface area (TPSA) is 67.3 Å². The Morgan fingerprint density at radius 1 is 1.44 bits per heavy atom. The third-order valence-corrected chi connectivity index (χ3v) is 3.33. The van der Waals surface area contributed by atoms with Crippen molar-refractivity contribution >= 4 is 5.82 Å². The maximum atomic E-state index is 9.31. The van der Waals surface area contributed by atoms with Crippen LogP contribution in [0.4, 0.5) is 5.82 Å². The maximum Gasteiger partial charge on any atom is 0.218 e. The Morgan fingerprint density at radius 3 is 3.00 bits per heavy atom. The van der Waals surface area contributed by atoms with Crippen molar-refractivity contribution < 1.29 is 9.84 Å². The average molecular weight is 251 g/mol. The molecule has 18 heavy (non-hydrogen) atoms. The molecule has 100 valence electrons. The van der Waals surface area contributed by atoms with E-state index in [1.54, 1.807) is 0 Å². The summed E-state index contributed by atoms with van der Waals surface area (Å²) < 4.78 is 5.40. The van der Waals surface area contributed by atoms with Gasteiger partial charge in [0.1, 0.15) is 11.6 Å². The molecule has 1 aromatic rings. The van der Waals surface area contributed by atoms with Gasteiger partial charge in [0.25, 0.3) is 0 Å². The highest BCUT2D eigenvalue weighted by Crippen LogP contribution is 2.28. The molecule has 0 radical (unpaired) electrons. The summed E-state index contributed by atoms with van der Waals surface area (Å²) >= 11 is 0. The van der Waals surface area contributed by atoms with Crippen LogP contribution in [0, 0.1) is 12.8 Å². The molecule has 1 fully saturated rings. The zero-order valence-corrected chi connectivity index (χ0v) is 11.0. The fourth-order valence-corrected chi connectivity index (χ4v) is 2.47. The Balaban J connectivity index is 2.08. The van der Waals surface area contributed by atoms with Crippen LogP contribution in [0.15, 0.2) is 6.07 Å². The van der Waals surface area contributed by atoms with Crippen molar-refractivity contribution in [3.05, 3.63) is 11.9 Å². The number of nitrogens with zero attached hydrogens (tertiary/aromatic N) is 2. The van der Waals surface area contributed by atoms with Gasteiger partial charge in [-0.05, 0) is 26.7 Å². The normalized spacial score (nSPS) is 23.1. The molecule has 0 amide bonds. The Kier molecular flexibility index (Phi) is 4.36. The lowest BCUT2D eigenvalue weighted by Gasteiger charge is -2.20. The van der Waals surface area contributed by atoms with Gasteiger partial charge in [-0.3, -0.25) is 0 Å². The number of nitrogens with one attached hydrogen (secondary N) is 1. The van der Waals surface area contributed by atoms with Crippen molar-refractivity contribution in [1.29, 1.82) is 0 Å². The molecule has 2 atom stereocenters. The van der Waals surface area contributed by atoms with Crippen LogP contribution in [-0.2, 0) is 0 Å². The summed E-state index contributed by atoms with van der Waals surface area (Å²) in [6.45, 7) is 4.62. The van der Waals surface area contributed by atoms with Gasteiger partial charge in [0.2, 0.25) is 5.88 Å². The average Bonchev–Trinajstić information content (AvgIpc) is 2.76. The summed E-state index contributed by atoms with van der Waals surface area (Å²) in [5.41, 5.74) is 0. The van der Waals surface area contributed by atoms with E-state index in [1.165, 1.54) is 0 Å². The van der Waals surface area contributed by atoms with Crippen LogP contribution in [0.3, 0.4) is 0 Å². The number of ether oxygens (including phenoxy) is 1. The molecule has 0 aliphatic heterocycles. The van der Waals surface area contributed by atoms with E-state index >= 15 is 0 Å². The quantitative estimate of drug-likeness (QED) is 0.834. The van der Waals surface area contributed by atoms with Crippen LogP contribution in [0.25, 0.3) is 0 Å². The molecule has 1 aliphatic carbocycles. The molecule has 1 saturated carbocycles. The van der Waals surface area contributed by atoms with E-state index in [1.807, 2.05) is 19.9 Å². The van der Waals surface area contributed by atoms with Crippen LogP contribution >= 0.6 is 0 Å². The zero-order chi connectivity index (χ0) is 13.0. The van der Waals surface area contributed by atoms with Gasteiger partial charge in [-0.25, -0.2) is 4.98 Å². The molecule has 1 aliphatic rings. The number of aromatic nitrogens is 2. The minimum atomic E-state index is 0.236. The predicted octanol–water partition coefficient (Wildman–Crippen LogP) is 1.76. The fourth-order valence-electron chi connectivity index (χ4n) is 2.47. The van der Waals surface area contributed by atoms with Crippen molar-refractivity contribution in [2.24, 2.45) is 5.92 Å². The minimum absolute atomic E-state index is 0.236. The fraction of sp³-hybridized carbons (Fsp3) is 0.692. The summed E-state index contributed by atoms with van der Waals surface area (Å²) in [6, 6.07) is 2.13. The second-order valence-electron chi connectivity index (χ2n) is 4.70. The first-order valence-corrected chi connectivity index (χ1v) is 6.58. The number of hydrogen-bond donors (Lipinski definition) is 2. The van der Waals surface area contributed by atoms with Crippen LogP contribution in [-0.4, -0.2) is 34.3 Å². The Labute approximate surface area is 108 Å². The number of hydrogen-bond acceptors (Lipinski definition) is 5. The molecule has 5 heteroatoms. The summed E-state index contributed by atoms with van der Waals surface area (Å²) in [4.78, 5) is 8.58. The first-order chi connectivity index (χ1) is 8.72. The largest absolute Gasteiger partial charge is 0.478 e. The van der Waals surface area contributed by atoms with Crippen molar-refractivity contribution in [3.63, 3.8) is 0 Å². The second-order valence-corrected chi connectivity index (χ2v) is 4.70. The number of aryl methyl sites for hydroxylation is 1. The Morgan fingerprint density at radius 2 is 2.28 bits per heavy atom. The van der Waals surface area contributed by atoms with Gasteiger partial charge in [0, 0.05) is 24.6 Å². The van der Waals surface area contributed by atoms with Gasteiger partial charge in [-0.1, -0.05) is 6.42 Å². The summed E-state index contributed by atoms with van der Waals surface area (Å²) in [5, 5.41) is 12.7. The summed E-state index contributed by atoms with van der Waals surface area (Å²) in [6.07, 6.45) is 3.32. The lowest BCUT2D eigenvalue weighted by molar-refractivity contribution is 0.222. The number of aliphatic hydroxyl groups is 1. The zero-order valence-electron chi connectivity index (χ0n) is 11.0. The standard InChI is InChI=1S/C13H21N3O2/c1-3-18-13-7-12(14-9(2)15-13)16-11-6-4-5-10(11)8-17/h7,10-11,17H,3-6,8H2,1-2H3,(H,14,15,16). The van der Waals surface area contributed by atoms with E-state index in [0.717, 1.165) is 25.1 Å². The van der Waals surface area contributed by atoms with Gasteiger partial charge >= 0.3 is 0 Å². The molecule has 2 N–H and O–H groups in total. The van der Waals surface area contributed by atoms with Crippen molar-refractivity contribution in [1.82, 2.24) is 9.97 Å². The molecule has 2 rings (SSSR count). The number of aliphatic hydroxyl groups excluding tert-OH is 1. The van der Waals surface area contributed by atoms with Gasteiger partial charge in [-0.2, -0.15) is 4.98 Å². The molecule has 0 aromatic carbocycles. The molecular weight excluding hydrogens is 230 g/mol. The predicted molar refractivity (Wildman–Crippen MR) is 69.8 cm³/mol. The molecule has 0 spiro atoms. The van der Waals surface area contributed by atoms with E-state index in [9.17, 15) is 5.11 Å². The molecule has 1 heterocycles. The van der Waals surface area contributed by atoms with E-state index in [-0.39, 0.29) is 6.61 Å². The third kappa shape index (κ3) is 3.10. The molecule has 1 aromatic heterocycles. The van der Waals surface area contributed by atoms with Crippen molar-refractivity contribution in [3.8, 4) is 5.88 Å². The van der Waals surface area contributed by atoms with Crippen LogP contribution in [0.2, 0.25) is 0 Å². The highest BCUT2D eigenvalue weighted by atomic mass is 16.5. The third-order valence-electron chi connectivity index (χ3n) is 3.33. The van der Waals surface area contributed by atoms with Gasteiger partial charge in [0.15, 0.2) is 0 Å². The molecular formula is C13H21N3O2. The van der Waals surface area contributed by atoms with Gasteiger partial charge in [0.05, 0.1) is 6.61 Å². The molecule has 2 unspecified atom stereocenters.